The van der Waals surface area contributed by atoms with Crippen LogP contribution in [0.4, 0.5) is 4.39 Å². The second-order valence-corrected chi connectivity index (χ2v) is 5.32. The average molecular weight is 266 g/mol. The average Bonchev–Trinajstić information content (AvgIpc) is 2.88. The van der Waals surface area contributed by atoms with Crippen molar-refractivity contribution >= 4 is 0 Å². The van der Waals surface area contributed by atoms with Gasteiger partial charge >= 0.3 is 0 Å². The summed E-state index contributed by atoms with van der Waals surface area (Å²) in [6, 6.07) is 5.06. The van der Waals surface area contributed by atoms with Crippen LogP contribution in [0.2, 0.25) is 0 Å². The summed E-state index contributed by atoms with van der Waals surface area (Å²) >= 11 is 0. The van der Waals surface area contributed by atoms with E-state index in [1.54, 1.807) is 6.07 Å². The number of hydrazine groups is 1. The third kappa shape index (κ3) is 3.32. The Kier molecular flexibility index (Phi) is 4.91. The summed E-state index contributed by atoms with van der Waals surface area (Å²) in [4.78, 5) is 0. The Hall–Kier alpha value is -0.970. The summed E-state index contributed by atoms with van der Waals surface area (Å²) in [5.74, 6) is 5.92. The van der Waals surface area contributed by atoms with Gasteiger partial charge in [0, 0.05) is 18.6 Å². The quantitative estimate of drug-likeness (QED) is 0.635. The van der Waals surface area contributed by atoms with Gasteiger partial charge in [0.05, 0.1) is 6.10 Å². The van der Waals surface area contributed by atoms with E-state index in [2.05, 4.69) is 12.3 Å². The summed E-state index contributed by atoms with van der Waals surface area (Å²) in [5, 5.41) is 0. The van der Waals surface area contributed by atoms with Crippen LogP contribution in [0.25, 0.3) is 0 Å². The van der Waals surface area contributed by atoms with E-state index in [1.165, 1.54) is 6.07 Å². The van der Waals surface area contributed by atoms with Crippen LogP contribution in [0.15, 0.2) is 18.2 Å². The zero-order valence-electron chi connectivity index (χ0n) is 11.7. The van der Waals surface area contributed by atoms with Crippen LogP contribution in [0.3, 0.4) is 0 Å². The number of ether oxygens (including phenoxy) is 1. The highest BCUT2D eigenvalue weighted by molar-refractivity contribution is 5.27. The number of nitrogens with two attached hydrogens (primary N) is 1. The summed E-state index contributed by atoms with van der Waals surface area (Å²) in [5.41, 5.74) is 5.02. The van der Waals surface area contributed by atoms with Gasteiger partial charge in [0.15, 0.2) is 0 Å². The van der Waals surface area contributed by atoms with Crippen LogP contribution in [0.1, 0.15) is 30.9 Å². The first-order chi connectivity index (χ1) is 9.15. The van der Waals surface area contributed by atoms with Gasteiger partial charge in [0.2, 0.25) is 0 Å². The van der Waals surface area contributed by atoms with Crippen LogP contribution in [0.5, 0.6) is 0 Å². The molecule has 3 nitrogen and oxygen atoms in total. The molecule has 3 N–H and O–H groups in total. The second kappa shape index (κ2) is 6.46. The number of halogens is 1. The number of rotatable bonds is 5. The molecule has 0 aliphatic carbocycles. The molecule has 0 amide bonds. The van der Waals surface area contributed by atoms with Crippen molar-refractivity contribution in [2.45, 2.75) is 45.3 Å². The van der Waals surface area contributed by atoms with Gasteiger partial charge in [-0.3, -0.25) is 11.3 Å². The van der Waals surface area contributed by atoms with Gasteiger partial charge in [-0.2, -0.15) is 0 Å². The zero-order chi connectivity index (χ0) is 13.8. The highest BCUT2D eigenvalue weighted by atomic mass is 19.1. The lowest BCUT2D eigenvalue weighted by molar-refractivity contribution is 0.0774. The Balaban J connectivity index is 2.12. The van der Waals surface area contributed by atoms with Gasteiger partial charge in [0.1, 0.15) is 5.82 Å². The van der Waals surface area contributed by atoms with Crippen molar-refractivity contribution < 1.29 is 9.13 Å². The van der Waals surface area contributed by atoms with E-state index >= 15 is 0 Å². The van der Waals surface area contributed by atoms with E-state index in [9.17, 15) is 4.39 Å². The van der Waals surface area contributed by atoms with Crippen LogP contribution < -0.4 is 11.3 Å². The molecule has 1 fully saturated rings. The second-order valence-electron chi connectivity index (χ2n) is 5.32. The lowest BCUT2D eigenvalue weighted by atomic mass is 9.87. The highest BCUT2D eigenvalue weighted by Gasteiger charge is 2.33. The number of benzene rings is 1. The molecular formula is C15H23FN2O. The normalized spacial score (nSPS) is 24.6. The Morgan fingerprint density at radius 2 is 2.32 bits per heavy atom. The standard InChI is InChI=1S/C15H23FN2O/c1-3-15-13(6-7-19-15)14(18-17)9-11-8-12(16)5-4-10(11)2/h4-5,8,13-15,18H,3,6-7,9,17H2,1-2H3. The fourth-order valence-corrected chi connectivity index (χ4v) is 2.98. The molecule has 2 rings (SSSR count). The highest BCUT2D eigenvalue weighted by Crippen LogP contribution is 2.28. The number of hydrogen-bond acceptors (Lipinski definition) is 3. The Morgan fingerprint density at radius 1 is 1.53 bits per heavy atom. The molecule has 0 bridgehead atoms. The van der Waals surface area contributed by atoms with Gasteiger partial charge in [-0.05, 0) is 49.4 Å². The van der Waals surface area contributed by atoms with Gasteiger partial charge in [-0.1, -0.05) is 13.0 Å². The zero-order valence-corrected chi connectivity index (χ0v) is 11.7. The smallest absolute Gasteiger partial charge is 0.123 e. The summed E-state index contributed by atoms with van der Waals surface area (Å²) in [7, 11) is 0. The molecule has 1 aliphatic rings. The van der Waals surface area contributed by atoms with Crippen LogP contribution in [-0.2, 0) is 11.2 Å². The van der Waals surface area contributed by atoms with Crippen LogP contribution in [-0.4, -0.2) is 18.8 Å². The Bertz CT molecular complexity index is 425. The third-order valence-electron chi connectivity index (χ3n) is 4.14. The first-order valence-electron chi connectivity index (χ1n) is 6.98. The number of nitrogens with one attached hydrogen (secondary N) is 1. The Labute approximate surface area is 114 Å². The fraction of sp³-hybridized carbons (Fsp3) is 0.600. The van der Waals surface area contributed by atoms with Crippen LogP contribution in [0, 0.1) is 18.7 Å². The minimum atomic E-state index is -0.189. The molecular weight excluding hydrogens is 243 g/mol. The predicted octanol–water partition coefficient (Wildman–Crippen LogP) is 2.32. The first-order valence-corrected chi connectivity index (χ1v) is 6.98. The SMILES string of the molecule is CCC1OCCC1C(Cc1cc(F)ccc1C)NN. The topological polar surface area (TPSA) is 47.3 Å². The monoisotopic (exact) mass is 266 g/mol. The first kappa shape index (κ1) is 14.4. The molecule has 3 unspecified atom stereocenters. The minimum absolute atomic E-state index is 0.132. The molecule has 1 aromatic carbocycles. The molecule has 1 aliphatic heterocycles. The van der Waals surface area contributed by atoms with E-state index in [0.717, 1.165) is 37.0 Å². The lowest BCUT2D eigenvalue weighted by Crippen LogP contribution is -2.45. The molecule has 0 spiro atoms. The Morgan fingerprint density at radius 3 is 3.00 bits per heavy atom. The minimum Gasteiger partial charge on any atom is -0.378 e. The van der Waals surface area contributed by atoms with E-state index < -0.39 is 0 Å². The molecule has 0 aromatic heterocycles. The van der Waals surface area contributed by atoms with Crippen molar-refractivity contribution in [2.24, 2.45) is 11.8 Å². The molecule has 0 saturated carbocycles. The van der Waals surface area contributed by atoms with E-state index in [1.807, 2.05) is 13.0 Å². The van der Waals surface area contributed by atoms with E-state index in [0.29, 0.717) is 5.92 Å². The summed E-state index contributed by atoms with van der Waals surface area (Å²) in [6.07, 6.45) is 3.01. The van der Waals surface area contributed by atoms with Crippen molar-refractivity contribution in [3.05, 3.63) is 35.1 Å². The maximum atomic E-state index is 13.3. The van der Waals surface area contributed by atoms with Crippen molar-refractivity contribution in [2.75, 3.05) is 6.61 Å². The molecule has 0 radical (unpaired) electrons. The van der Waals surface area contributed by atoms with E-state index in [-0.39, 0.29) is 18.0 Å². The number of aryl methyl sites for hydroxylation is 1. The van der Waals surface area contributed by atoms with Gasteiger partial charge in [-0.15, -0.1) is 0 Å². The predicted molar refractivity (Wildman–Crippen MR) is 74.1 cm³/mol. The van der Waals surface area contributed by atoms with Crippen molar-refractivity contribution in [3.8, 4) is 0 Å². The van der Waals surface area contributed by atoms with Crippen molar-refractivity contribution in [3.63, 3.8) is 0 Å². The van der Waals surface area contributed by atoms with Gasteiger partial charge in [-0.25, -0.2) is 4.39 Å². The van der Waals surface area contributed by atoms with Gasteiger partial charge in [0.25, 0.3) is 0 Å². The van der Waals surface area contributed by atoms with Crippen molar-refractivity contribution in [1.29, 1.82) is 0 Å². The summed E-state index contributed by atoms with van der Waals surface area (Å²) < 4.78 is 19.1. The number of hydrogen-bond donors (Lipinski definition) is 2. The maximum absolute atomic E-state index is 13.3. The lowest BCUT2D eigenvalue weighted by Gasteiger charge is -2.27. The molecule has 19 heavy (non-hydrogen) atoms. The maximum Gasteiger partial charge on any atom is 0.123 e. The molecule has 1 heterocycles. The molecule has 3 atom stereocenters. The van der Waals surface area contributed by atoms with Crippen molar-refractivity contribution in [1.82, 2.24) is 5.43 Å². The molecule has 1 aromatic rings. The largest absolute Gasteiger partial charge is 0.378 e. The molecule has 106 valence electrons. The molecule has 1 saturated heterocycles. The van der Waals surface area contributed by atoms with Crippen LogP contribution >= 0.6 is 0 Å². The molecule has 4 heteroatoms. The fourth-order valence-electron chi connectivity index (χ4n) is 2.98. The third-order valence-corrected chi connectivity index (χ3v) is 4.14. The van der Waals surface area contributed by atoms with E-state index in [4.69, 9.17) is 10.6 Å². The summed E-state index contributed by atoms with van der Waals surface area (Å²) in [6.45, 7) is 4.93. The van der Waals surface area contributed by atoms with Gasteiger partial charge < -0.3 is 4.74 Å².